The van der Waals surface area contributed by atoms with E-state index in [9.17, 15) is 10.2 Å². The third-order valence-electron chi connectivity index (χ3n) is 8.55. The van der Waals surface area contributed by atoms with Gasteiger partial charge in [-0.05, 0) is 119 Å². The van der Waals surface area contributed by atoms with Crippen LogP contribution in [0.3, 0.4) is 0 Å². The number of ether oxygens (including phenoxy) is 6. The Hall–Kier alpha value is -5.19. The molecule has 0 saturated heterocycles. The molecule has 2 atom stereocenters. The number of hydrogen-bond acceptors (Lipinski definition) is 10. The normalized spacial score (nSPS) is 12.9. The van der Waals surface area contributed by atoms with Crippen LogP contribution >= 0.6 is 0 Å². The molecule has 10 nitrogen and oxygen atoms in total. The van der Waals surface area contributed by atoms with Crippen molar-refractivity contribution in [2.24, 2.45) is 0 Å². The van der Waals surface area contributed by atoms with Gasteiger partial charge in [-0.2, -0.15) is 0 Å². The van der Waals surface area contributed by atoms with E-state index < -0.39 is 23.4 Å². The summed E-state index contributed by atoms with van der Waals surface area (Å²) < 4.78 is 40.0. The first-order chi connectivity index (χ1) is 23.8. The van der Waals surface area contributed by atoms with Gasteiger partial charge in [0, 0.05) is 11.1 Å². The van der Waals surface area contributed by atoms with E-state index in [0.29, 0.717) is 63.0 Å². The van der Waals surface area contributed by atoms with Crippen LogP contribution in [0.2, 0.25) is 0 Å². The average Bonchev–Trinajstić information content (AvgIpc) is 3.51. The van der Waals surface area contributed by atoms with Gasteiger partial charge in [0.05, 0.1) is 28.4 Å². The minimum Gasteiger partial charge on any atom is -0.493 e. The van der Waals surface area contributed by atoms with Gasteiger partial charge in [-0.25, -0.2) is 4.98 Å². The minimum atomic E-state index is -0.958. The number of rotatable bonds is 14. The SMILES string of the molecule is COc1ccc(C(O)C(C)(C)Oc2ccc(-c3nc(-c4ccc(OC(C)(C)C(O)c5ccc(OC)c(OC)c5)cc4)c(C)o3)cc2)cc1OC. The van der Waals surface area contributed by atoms with Crippen molar-refractivity contribution in [3.63, 3.8) is 0 Å². The van der Waals surface area contributed by atoms with Crippen molar-refractivity contribution in [1.82, 2.24) is 4.98 Å². The molecule has 1 aromatic heterocycles. The number of oxazole rings is 1. The number of aromatic nitrogens is 1. The Labute approximate surface area is 293 Å². The number of hydrogen-bond donors (Lipinski definition) is 2. The van der Waals surface area contributed by atoms with Crippen molar-refractivity contribution in [3.8, 4) is 57.2 Å². The monoisotopic (exact) mass is 683 g/mol. The van der Waals surface area contributed by atoms with E-state index in [-0.39, 0.29) is 0 Å². The van der Waals surface area contributed by atoms with E-state index in [4.69, 9.17) is 37.8 Å². The van der Waals surface area contributed by atoms with Crippen LogP contribution in [0.25, 0.3) is 22.7 Å². The minimum absolute atomic E-state index is 0.466. The van der Waals surface area contributed by atoms with Gasteiger partial charge in [0.2, 0.25) is 5.89 Å². The second-order valence-corrected chi connectivity index (χ2v) is 12.9. The van der Waals surface area contributed by atoms with E-state index in [2.05, 4.69) is 0 Å². The summed E-state index contributed by atoms with van der Waals surface area (Å²) in [5.74, 6) is 4.52. The highest BCUT2D eigenvalue weighted by Crippen LogP contribution is 2.38. The van der Waals surface area contributed by atoms with E-state index >= 15 is 0 Å². The van der Waals surface area contributed by atoms with E-state index in [0.717, 1.165) is 11.1 Å². The fourth-order valence-corrected chi connectivity index (χ4v) is 5.70. The predicted molar refractivity (Wildman–Crippen MR) is 191 cm³/mol. The zero-order chi connectivity index (χ0) is 36.2. The smallest absolute Gasteiger partial charge is 0.226 e. The summed E-state index contributed by atoms with van der Waals surface area (Å²) in [6.07, 6.45) is -1.88. The Kier molecular flexibility index (Phi) is 10.6. The lowest BCUT2D eigenvalue weighted by Crippen LogP contribution is -2.36. The molecule has 0 saturated carbocycles. The first-order valence-corrected chi connectivity index (χ1v) is 16.2. The highest BCUT2D eigenvalue weighted by molar-refractivity contribution is 5.66. The molecule has 10 heteroatoms. The molecule has 50 heavy (non-hydrogen) atoms. The van der Waals surface area contributed by atoms with Crippen molar-refractivity contribution in [2.75, 3.05) is 28.4 Å². The van der Waals surface area contributed by atoms with Crippen LogP contribution < -0.4 is 28.4 Å². The molecule has 0 spiro atoms. The Morgan fingerprint density at radius 1 is 0.560 bits per heavy atom. The van der Waals surface area contributed by atoms with Gasteiger partial charge in [-0.1, -0.05) is 12.1 Å². The van der Waals surface area contributed by atoms with Crippen LogP contribution in [0, 0.1) is 6.92 Å². The topological polar surface area (TPSA) is 122 Å². The number of benzene rings is 4. The Bertz CT molecular complexity index is 1900. The maximum absolute atomic E-state index is 11.2. The first kappa shape index (κ1) is 36.1. The first-order valence-electron chi connectivity index (χ1n) is 16.2. The molecule has 0 fully saturated rings. The molecule has 0 bridgehead atoms. The summed E-state index contributed by atoms with van der Waals surface area (Å²) in [4.78, 5) is 4.78. The second-order valence-electron chi connectivity index (χ2n) is 12.9. The van der Waals surface area contributed by atoms with Crippen LogP contribution in [0.1, 0.15) is 56.8 Å². The Morgan fingerprint density at radius 3 is 1.36 bits per heavy atom. The quantitative estimate of drug-likeness (QED) is 0.119. The molecule has 2 unspecified atom stereocenters. The van der Waals surface area contributed by atoms with Crippen molar-refractivity contribution >= 4 is 0 Å². The predicted octanol–water partition coefficient (Wildman–Crippen LogP) is 8.13. The molecular formula is C40H45NO9. The number of aliphatic hydroxyl groups excluding tert-OH is 2. The summed E-state index contributed by atoms with van der Waals surface area (Å²) in [5, 5.41) is 22.4. The van der Waals surface area contributed by atoms with Gasteiger partial charge in [-0.15, -0.1) is 0 Å². The highest BCUT2D eigenvalue weighted by Gasteiger charge is 2.33. The van der Waals surface area contributed by atoms with E-state index in [1.807, 2.05) is 83.1 Å². The van der Waals surface area contributed by atoms with Gasteiger partial charge in [0.25, 0.3) is 0 Å². The Balaban J connectivity index is 1.26. The standard InChI is InChI=1S/C40H45NO9/c1-24-35(25-10-16-29(17-11-25)49-39(2,3)36(42)27-14-20-31(44-6)33(22-27)46-8)41-38(48-24)26-12-18-30(19-13-26)50-40(4,5)37(43)28-15-21-32(45-7)34(23-28)47-9/h10-23,36-37,42-43H,1-9H3. The lowest BCUT2D eigenvalue weighted by atomic mass is 9.94. The highest BCUT2D eigenvalue weighted by atomic mass is 16.5. The fraction of sp³-hybridized carbons (Fsp3) is 0.325. The zero-order valence-corrected chi connectivity index (χ0v) is 29.9. The number of aliphatic hydroxyl groups is 2. The van der Waals surface area contributed by atoms with Gasteiger partial charge >= 0.3 is 0 Å². The lowest BCUT2D eigenvalue weighted by molar-refractivity contribution is -0.0302. The number of methoxy groups -OCH3 is 4. The summed E-state index contributed by atoms with van der Waals surface area (Å²) >= 11 is 0. The van der Waals surface area contributed by atoms with Gasteiger partial charge in [0.1, 0.15) is 46.4 Å². The maximum atomic E-state index is 11.2. The summed E-state index contributed by atoms with van der Waals surface area (Å²) in [6.45, 7) is 9.17. The summed E-state index contributed by atoms with van der Waals surface area (Å²) in [5.41, 5.74) is 1.71. The van der Waals surface area contributed by atoms with Gasteiger partial charge in [0.15, 0.2) is 23.0 Å². The summed E-state index contributed by atoms with van der Waals surface area (Å²) in [6, 6.07) is 25.5. The molecule has 0 aliphatic rings. The van der Waals surface area contributed by atoms with E-state index in [1.54, 1.807) is 64.8 Å². The van der Waals surface area contributed by atoms with Crippen LogP contribution in [0.5, 0.6) is 34.5 Å². The van der Waals surface area contributed by atoms with Crippen LogP contribution in [-0.4, -0.2) is 54.8 Å². The van der Waals surface area contributed by atoms with Crippen molar-refractivity contribution in [2.45, 2.75) is 58.0 Å². The molecule has 5 rings (SSSR count). The van der Waals surface area contributed by atoms with Crippen molar-refractivity contribution < 1.29 is 43.1 Å². The van der Waals surface area contributed by atoms with Crippen molar-refractivity contribution in [3.05, 3.63) is 102 Å². The van der Waals surface area contributed by atoms with Crippen LogP contribution in [0.4, 0.5) is 0 Å². The third kappa shape index (κ3) is 7.66. The third-order valence-corrected chi connectivity index (χ3v) is 8.55. The lowest BCUT2D eigenvalue weighted by Gasteiger charge is -2.32. The average molecular weight is 684 g/mol. The van der Waals surface area contributed by atoms with Crippen molar-refractivity contribution in [1.29, 1.82) is 0 Å². The second kappa shape index (κ2) is 14.7. The Morgan fingerprint density at radius 2 is 0.960 bits per heavy atom. The number of aryl methyl sites for hydroxylation is 1. The molecule has 0 radical (unpaired) electrons. The molecule has 264 valence electrons. The number of nitrogens with zero attached hydrogens (tertiary/aromatic N) is 1. The van der Waals surface area contributed by atoms with Gasteiger partial charge in [-0.3, -0.25) is 0 Å². The van der Waals surface area contributed by atoms with Gasteiger partial charge < -0.3 is 43.1 Å². The fourth-order valence-electron chi connectivity index (χ4n) is 5.70. The molecule has 1 heterocycles. The van der Waals surface area contributed by atoms with Crippen LogP contribution in [0.15, 0.2) is 89.3 Å². The maximum Gasteiger partial charge on any atom is 0.226 e. The molecule has 4 aromatic carbocycles. The molecular weight excluding hydrogens is 638 g/mol. The summed E-state index contributed by atoms with van der Waals surface area (Å²) in [7, 11) is 6.25. The largest absolute Gasteiger partial charge is 0.493 e. The molecule has 0 aliphatic carbocycles. The molecule has 2 N–H and O–H groups in total. The van der Waals surface area contributed by atoms with Crippen LogP contribution in [-0.2, 0) is 0 Å². The zero-order valence-electron chi connectivity index (χ0n) is 29.9. The molecule has 5 aromatic rings. The molecule has 0 aliphatic heterocycles. The van der Waals surface area contributed by atoms with E-state index in [1.165, 1.54) is 0 Å². The molecule has 0 amide bonds.